The number of esters is 1. The van der Waals surface area contributed by atoms with E-state index in [0.717, 1.165) is 24.3 Å². The van der Waals surface area contributed by atoms with Crippen LogP contribution in [0.4, 0.5) is 5.69 Å². The molecule has 0 spiro atoms. The summed E-state index contributed by atoms with van der Waals surface area (Å²) in [5.41, 5.74) is 1.66. The quantitative estimate of drug-likeness (QED) is 0.831. The SMILES string of the molecule is Cc1cnccc1N1CCNCC1C(=O)OC(C)(C)C. The Labute approximate surface area is 120 Å². The van der Waals surface area contributed by atoms with Gasteiger partial charge >= 0.3 is 5.97 Å². The molecule has 2 heterocycles. The third kappa shape index (κ3) is 3.48. The Morgan fingerprint density at radius 1 is 1.50 bits per heavy atom. The minimum Gasteiger partial charge on any atom is -0.458 e. The van der Waals surface area contributed by atoms with E-state index in [4.69, 9.17) is 4.74 Å². The first-order valence-corrected chi connectivity index (χ1v) is 6.99. The third-order valence-electron chi connectivity index (χ3n) is 3.22. The smallest absolute Gasteiger partial charge is 0.330 e. The molecule has 1 unspecified atom stereocenters. The molecule has 0 radical (unpaired) electrons. The second kappa shape index (κ2) is 5.79. The van der Waals surface area contributed by atoms with Crippen LogP contribution in [0.3, 0.4) is 0 Å². The Kier molecular flexibility index (Phi) is 4.28. The molecule has 0 aromatic carbocycles. The van der Waals surface area contributed by atoms with Crippen LogP contribution in [0, 0.1) is 6.92 Å². The van der Waals surface area contributed by atoms with Gasteiger partial charge in [0.15, 0.2) is 0 Å². The lowest BCUT2D eigenvalue weighted by Gasteiger charge is -2.38. The number of aryl methyl sites for hydroxylation is 1. The maximum atomic E-state index is 12.4. The van der Waals surface area contributed by atoms with E-state index in [1.165, 1.54) is 0 Å². The molecule has 20 heavy (non-hydrogen) atoms. The fraction of sp³-hybridized carbons (Fsp3) is 0.600. The second-order valence-corrected chi connectivity index (χ2v) is 6.11. The van der Waals surface area contributed by atoms with Crippen molar-refractivity contribution in [1.29, 1.82) is 0 Å². The molecule has 2 rings (SSSR count). The van der Waals surface area contributed by atoms with Gasteiger partial charge in [-0.2, -0.15) is 0 Å². The van der Waals surface area contributed by atoms with Crippen molar-refractivity contribution < 1.29 is 9.53 Å². The van der Waals surface area contributed by atoms with E-state index in [2.05, 4.69) is 15.2 Å². The van der Waals surface area contributed by atoms with Crippen LogP contribution < -0.4 is 10.2 Å². The first-order chi connectivity index (χ1) is 9.38. The number of rotatable bonds is 2. The number of hydrogen-bond donors (Lipinski definition) is 1. The highest BCUT2D eigenvalue weighted by molar-refractivity contribution is 5.81. The number of ether oxygens (including phenoxy) is 1. The molecule has 0 saturated carbocycles. The van der Waals surface area contributed by atoms with Crippen LogP contribution in [-0.4, -0.2) is 42.2 Å². The summed E-state index contributed by atoms with van der Waals surface area (Å²) in [6.07, 6.45) is 3.58. The number of aromatic nitrogens is 1. The summed E-state index contributed by atoms with van der Waals surface area (Å²) in [5, 5.41) is 3.26. The minimum absolute atomic E-state index is 0.180. The second-order valence-electron chi connectivity index (χ2n) is 6.11. The van der Waals surface area contributed by atoms with Crippen molar-refractivity contribution in [2.24, 2.45) is 0 Å². The number of carbonyl (C=O) groups excluding carboxylic acids is 1. The number of pyridine rings is 1. The minimum atomic E-state index is -0.465. The first kappa shape index (κ1) is 14.8. The highest BCUT2D eigenvalue weighted by Gasteiger charge is 2.33. The normalized spacial score (nSPS) is 19.8. The van der Waals surface area contributed by atoms with Crippen molar-refractivity contribution >= 4 is 11.7 Å². The highest BCUT2D eigenvalue weighted by atomic mass is 16.6. The molecule has 1 saturated heterocycles. The van der Waals surface area contributed by atoms with Crippen molar-refractivity contribution in [2.75, 3.05) is 24.5 Å². The predicted octanol–water partition coefficient (Wildman–Crippen LogP) is 1.51. The molecule has 0 amide bonds. The number of anilines is 1. The first-order valence-electron chi connectivity index (χ1n) is 6.99. The Balaban J connectivity index is 2.22. The predicted molar refractivity (Wildman–Crippen MR) is 78.8 cm³/mol. The van der Waals surface area contributed by atoms with Crippen molar-refractivity contribution in [3.05, 3.63) is 24.0 Å². The average molecular weight is 277 g/mol. The molecule has 1 aliphatic rings. The maximum Gasteiger partial charge on any atom is 0.330 e. The van der Waals surface area contributed by atoms with Crippen molar-refractivity contribution in [1.82, 2.24) is 10.3 Å². The van der Waals surface area contributed by atoms with E-state index >= 15 is 0 Å². The van der Waals surface area contributed by atoms with Gasteiger partial charge in [0.1, 0.15) is 11.6 Å². The molecule has 1 fully saturated rings. The molecule has 5 nitrogen and oxygen atoms in total. The van der Waals surface area contributed by atoms with Gasteiger partial charge in [-0.25, -0.2) is 4.79 Å². The zero-order valence-corrected chi connectivity index (χ0v) is 12.6. The molecule has 1 aliphatic heterocycles. The summed E-state index contributed by atoms with van der Waals surface area (Å²) in [4.78, 5) is 18.6. The van der Waals surface area contributed by atoms with Crippen molar-refractivity contribution in [3.63, 3.8) is 0 Å². The topological polar surface area (TPSA) is 54.5 Å². The van der Waals surface area contributed by atoms with Crippen LogP contribution in [0.25, 0.3) is 0 Å². The van der Waals surface area contributed by atoms with Gasteiger partial charge in [0.05, 0.1) is 0 Å². The Hall–Kier alpha value is -1.62. The highest BCUT2D eigenvalue weighted by Crippen LogP contribution is 2.23. The summed E-state index contributed by atoms with van der Waals surface area (Å²) in [7, 11) is 0. The van der Waals surface area contributed by atoms with Crippen LogP contribution in [0.2, 0.25) is 0 Å². The maximum absolute atomic E-state index is 12.4. The lowest BCUT2D eigenvalue weighted by atomic mass is 10.1. The van der Waals surface area contributed by atoms with Gasteiger partial charge in [0, 0.05) is 37.7 Å². The van der Waals surface area contributed by atoms with E-state index in [1.807, 2.05) is 40.0 Å². The van der Waals surface area contributed by atoms with Crippen LogP contribution in [0.15, 0.2) is 18.5 Å². The van der Waals surface area contributed by atoms with Crippen LogP contribution >= 0.6 is 0 Å². The summed E-state index contributed by atoms with van der Waals surface area (Å²) >= 11 is 0. The van der Waals surface area contributed by atoms with Crippen LogP contribution in [0.5, 0.6) is 0 Å². The van der Waals surface area contributed by atoms with E-state index < -0.39 is 5.60 Å². The van der Waals surface area contributed by atoms with Gasteiger partial charge < -0.3 is 15.0 Å². The molecular formula is C15H23N3O2. The summed E-state index contributed by atoms with van der Waals surface area (Å²) in [6, 6.07) is 1.67. The van der Waals surface area contributed by atoms with E-state index in [0.29, 0.717) is 6.54 Å². The summed E-state index contributed by atoms with van der Waals surface area (Å²) in [5.74, 6) is -0.180. The fourth-order valence-corrected chi connectivity index (χ4v) is 2.36. The zero-order chi connectivity index (χ0) is 14.8. The van der Waals surface area contributed by atoms with Gasteiger partial charge in [0.2, 0.25) is 0 Å². The molecule has 0 aliphatic carbocycles. The zero-order valence-electron chi connectivity index (χ0n) is 12.6. The molecule has 110 valence electrons. The van der Waals surface area contributed by atoms with E-state index in [-0.39, 0.29) is 12.0 Å². The number of hydrogen-bond acceptors (Lipinski definition) is 5. The summed E-state index contributed by atoms with van der Waals surface area (Å²) < 4.78 is 5.53. The fourth-order valence-electron chi connectivity index (χ4n) is 2.36. The number of carbonyl (C=O) groups is 1. The Bertz CT molecular complexity index is 482. The van der Waals surface area contributed by atoms with Crippen molar-refractivity contribution in [3.8, 4) is 0 Å². The standard InChI is InChI=1S/C15H23N3O2/c1-11-9-16-6-5-12(11)18-8-7-17-10-13(18)14(19)20-15(2,3)4/h5-6,9,13,17H,7-8,10H2,1-4H3. The van der Waals surface area contributed by atoms with Gasteiger partial charge in [-0.1, -0.05) is 0 Å². The molecule has 0 bridgehead atoms. The van der Waals surface area contributed by atoms with Crippen LogP contribution in [0.1, 0.15) is 26.3 Å². The van der Waals surface area contributed by atoms with Crippen LogP contribution in [-0.2, 0) is 9.53 Å². The lowest BCUT2D eigenvalue weighted by molar-refractivity contribution is -0.156. The van der Waals surface area contributed by atoms with Gasteiger partial charge in [-0.05, 0) is 39.3 Å². The molecule has 1 N–H and O–H groups in total. The van der Waals surface area contributed by atoms with Gasteiger partial charge in [0.25, 0.3) is 0 Å². The Morgan fingerprint density at radius 2 is 2.25 bits per heavy atom. The number of nitrogens with zero attached hydrogens (tertiary/aromatic N) is 2. The molecular weight excluding hydrogens is 254 g/mol. The molecule has 1 aromatic heterocycles. The average Bonchev–Trinajstić information content (AvgIpc) is 2.37. The Morgan fingerprint density at radius 3 is 2.90 bits per heavy atom. The monoisotopic (exact) mass is 277 g/mol. The largest absolute Gasteiger partial charge is 0.458 e. The van der Waals surface area contributed by atoms with Gasteiger partial charge in [-0.15, -0.1) is 0 Å². The van der Waals surface area contributed by atoms with E-state index in [9.17, 15) is 4.79 Å². The number of nitrogens with one attached hydrogen (secondary N) is 1. The number of piperazine rings is 1. The lowest BCUT2D eigenvalue weighted by Crippen LogP contribution is -2.56. The molecule has 1 aromatic rings. The summed E-state index contributed by atoms with van der Waals surface area (Å²) in [6.45, 7) is 9.94. The van der Waals surface area contributed by atoms with Crippen molar-refractivity contribution in [2.45, 2.75) is 39.3 Å². The molecule has 5 heteroatoms. The van der Waals surface area contributed by atoms with E-state index in [1.54, 1.807) is 6.20 Å². The van der Waals surface area contributed by atoms with Gasteiger partial charge in [-0.3, -0.25) is 4.98 Å². The third-order valence-corrected chi connectivity index (χ3v) is 3.22. The molecule has 1 atom stereocenters.